The average molecular weight is 358 g/mol. The van der Waals surface area contributed by atoms with E-state index in [1.54, 1.807) is 7.11 Å². The normalized spacial score (nSPS) is 17.7. The van der Waals surface area contributed by atoms with Crippen LogP contribution in [0.15, 0.2) is 30.3 Å². The zero-order valence-electron chi connectivity index (χ0n) is 16.2. The van der Waals surface area contributed by atoms with Crippen LogP contribution in [0.4, 0.5) is 0 Å². The molecule has 1 saturated heterocycles. The Morgan fingerprint density at radius 3 is 2.54 bits per heavy atom. The SMILES string of the molecule is COCCn1nnnc1[C@H](C(C)C)N1CCC(Cc2ccccc2)CC1. The van der Waals surface area contributed by atoms with Crippen LogP contribution in [-0.4, -0.2) is 51.9 Å². The van der Waals surface area contributed by atoms with Gasteiger partial charge in [-0.25, -0.2) is 4.68 Å². The van der Waals surface area contributed by atoms with Crippen molar-refractivity contribution in [3.05, 3.63) is 41.7 Å². The number of aromatic nitrogens is 4. The van der Waals surface area contributed by atoms with Gasteiger partial charge in [-0.05, 0) is 60.2 Å². The number of nitrogens with zero attached hydrogens (tertiary/aromatic N) is 5. The molecule has 3 rings (SSSR count). The van der Waals surface area contributed by atoms with Crippen molar-refractivity contribution < 1.29 is 4.74 Å². The lowest BCUT2D eigenvalue weighted by molar-refractivity contribution is 0.0931. The molecule has 0 spiro atoms. The first-order valence-corrected chi connectivity index (χ1v) is 9.72. The van der Waals surface area contributed by atoms with Gasteiger partial charge in [-0.1, -0.05) is 44.2 Å². The van der Waals surface area contributed by atoms with Crippen molar-refractivity contribution in [2.24, 2.45) is 11.8 Å². The van der Waals surface area contributed by atoms with Crippen LogP contribution in [0.2, 0.25) is 0 Å². The Bertz CT molecular complexity index is 649. The van der Waals surface area contributed by atoms with Gasteiger partial charge in [0.2, 0.25) is 0 Å². The molecule has 142 valence electrons. The number of piperidine rings is 1. The van der Waals surface area contributed by atoms with Crippen LogP contribution in [0, 0.1) is 11.8 Å². The average Bonchev–Trinajstić information content (AvgIpc) is 3.10. The summed E-state index contributed by atoms with van der Waals surface area (Å²) in [7, 11) is 1.71. The maximum atomic E-state index is 5.20. The van der Waals surface area contributed by atoms with Crippen molar-refractivity contribution in [1.29, 1.82) is 0 Å². The quantitative estimate of drug-likeness (QED) is 0.727. The van der Waals surface area contributed by atoms with E-state index in [-0.39, 0.29) is 6.04 Å². The van der Waals surface area contributed by atoms with Gasteiger partial charge in [0.15, 0.2) is 5.82 Å². The van der Waals surface area contributed by atoms with Crippen LogP contribution in [-0.2, 0) is 17.7 Å². The second kappa shape index (κ2) is 9.24. The summed E-state index contributed by atoms with van der Waals surface area (Å²) in [5.74, 6) is 2.21. The molecule has 6 heteroatoms. The first-order valence-electron chi connectivity index (χ1n) is 9.72. The maximum Gasteiger partial charge on any atom is 0.168 e. The number of likely N-dealkylation sites (tertiary alicyclic amines) is 1. The Morgan fingerprint density at radius 1 is 1.15 bits per heavy atom. The predicted octanol–water partition coefficient (Wildman–Crippen LogP) is 2.97. The molecule has 1 aliphatic heterocycles. The molecule has 0 bridgehead atoms. The van der Waals surface area contributed by atoms with E-state index in [0.29, 0.717) is 19.1 Å². The lowest BCUT2D eigenvalue weighted by Crippen LogP contribution is -2.40. The number of hydrogen-bond acceptors (Lipinski definition) is 5. The summed E-state index contributed by atoms with van der Waals surface area (Å²) in [5.41, 5.74) is 1.45. The van der Waals surface area contributed by atoms with E-state index < -0.39 is 0 Å². The van der Waals surface area contributed by atoms with Crippen molar-refractivity contribution in [3.63, 3.8) is 0 Å². The van der Waals surface area contributed by atoms with E-state index in [0.717, 1.165) is 24.8 Å². The first kappa shape index (κ1) is 19.0. The highest BCUT2D eigenvalue weighted by atomic mass is 16.5. The highest BCUT2D eigenvalue weighted by Crippen LogP contribution is 2.32. The topological polar surface area (TPSA) is 56.1 Å². The van der Waals surface area contributed by atoms with Crippen LogP contribution in [0.1, 0.15) is 44.1 Å². The zero-order chi connectivity index (χ0) is 18.4. The van der Waals surface area contributed by atoms with Crippen molar-refractivity contribution in [1.82, 2.24) is 25.1 Å². The third-order valence-corrected chi connectivity index (χ3v) is 5.37. The molecule has 0 N–H and O–H groups in total. The number of tetrazole rings is 1. The predicted molar refractivity (Wildman–Crippen MR) is 102 cm³/mol. The van der Waals surface area contributed by atoms with Gasteiger partial charge in [-0.2, -0.15) is 0 Å². The lowest BCUT2D eigenvalue weighted by Gasteiger charge is -2.38. The minimum Gasteiger partial charge on any atom is -0.383 e. The molecule has 1 aromatic carbocycles. The molecule has 1 fully saturated rings. The van der Waals surface area contributed by atoms with Gasteiger partial charge in [-0.3, -0.25) is 4.90 Å². The molecule has 0 amide bonds. The summed E-state index contributed by atoms with van der Waals surface area (Å²) < 4.78 is 7.10. The van der Waals surface area contributed by atoms with Gasteiger partial charge in [0.25, 0.3) is 0 Å². The van der Waals surface area contributed by atoms with Gasteiger partial charge in [-0.15, -0.1) is 5.10 Å². The van der Waals surface area contributed by atoms with Gasteiger partial charge in [0, 0.05) is 7.11 Å². The van der Waals surface area contributed by atoms with E-state index in [1.165, 1.54) is 24.8 Å². The van der Waals surface area contributed by atoms with Crippen molar-refractivity contribution in [2.75, 3.05) is 26.8 Å². The van der Waals surface area contributed by atoms with E-state index in [9.17, 15) is 0 Å². The second-order valence-corrected chi connectivity index (χ2v) is 7.61. The van der Waals surface area contributed by atoms with Crippen LogP contribution in [0.3, 0.4) is 0 Å². The molecule has 6 nitrogen and oxygen atoms in total. The summed E-state index contributed by atoms with van der Waals surface area (Å²) >= 11 is 0. The van der Waals surface area contributed by atoms with Crippen LogP contribution in [0.5, 0.6) is 0 Å². The van der Waals surface area contributed by atoms with E-state index in [4.69, 9.17) is 4.74 Å². The zero-order valence-corrected chi connectivity index (χ0v) is 16.2. The van der Waals surface area contributed by atoms with Crippen molar-refractivity contribution >= 4 is 0 Å². The highest BCUT2D eigenvalue weighted by Gasteiger charge is 2.31. The summed E-state index contributed by atoms with van der Waals surface area (Å²) in [5, 5.41) is 12.5. The molecule has 0 unspecified atom stereocenters. The van der Waals surface area contributed by atoms with Crippen LogP contribution < -0.4 is 0 Å². The molecule has 2 aromatic rings. The second-order valence-electron chi connectivity index (χ2n) is 7.61. The summed E-state index contributed by atoms with van der Waals surface area (Å²) in [6.45, 7) is 8.07. The minimum absolute atomic E-state index is 0.263. The Morgan fingerprint density at radius 2 is 1.88 bits per heavy atom. The third-order valence-electron chi connectivity index (χ3n) is 5.37. The standard InChI is InChI=1S/C20H31N5O/c1-16(2)19(20-21-22-23-25(20)13-14-26-3)24-11-9-18(10-12-24)15-17-7-5-4-6-8-17/h4-8,16,18-19H,9-15H2,1-3H3/t19-/m0/s1. The highest BCUT2D eigenvalue weighted by molar-refractivity contribution is 5.15. The van der Waals surface area contributed by atoms with E-state index in [1.807, 2.05) is 4.68 Å². The third kappa shape index (κ3) is 4.68. The molecule has 26 heavy (non-hydrogen) atoms. The Kier molecular flexibility index (Phi) is 6.74. The molecule has 0 saturated carbocycles. The number of methoxy groups -OCH3 is 1. The summed E-state index contributed by atoms with van der Waals surface area (Å²) in [6.07, 6.45) is 3.65. The molecular formula is C20H31N5O. The minimum atomic E-state index is 0.263. The van der Waals surface area contributed by atoms with Crippen molar-refractivity contribution in [3.8, 4) is 0 Å². The largest absolute Gasteiger partial charge is 0.383 e. The molecule has 0 aliphatic carbocycles. The smallest absolute Gasteiger partial charge is 0.168 e. The molecule has 0 radical (unpaired) electrons. The van der Waals surface area contributed by atoms with Gasteiger partial charge in [0.1, 0.15) is 0 Å². The number of hydrogen-bond donors (Lipinski definition) is 0. The fourth-order valence-electron chi connectivity index (χ4n) is 4.03. The monoisotopic (exact) mass is 357 g/mol. The van der Waals surface area contributed by atoms with E-state index >= 15 is 0 Å². The Labute approximate surface area is 156 Å². The van der Waals surface area contributed by atoms with Crippen LogP contribution in [0.25, 0.3) is 0 Å². The molecule has 1 aromatic heterocycles. The van der Waals surface area contributed by atoms with Gasteiger partial charge < -0.3 is 4.74 Å². The lowest BCUT2D eigenvalue weighted by atomic mass is 9.88. The summed E-state index contributed by atoms with van der Waals surface area (Å²) in [6, 6.07) is 11.1. The van der Waals surface area contributed by atoms with Gasteiger partial charge in [0.05, 0.1) is 19.2 Å². The number of ether oxygens (including phenoxy) is 1. The fourth-order valence-corrected chi connectivity index (χ4v) is 4.03. The maximum absolute atomic E-state index is 5.20. The first-order chi connectivity index (χ1) is 12.7. The molecule has 1 aliphatic rings. The number of rotatable bonds is 8. The molecule has 1 atom stereocenters. The molecule has 2 heterocycles. The van der Waals surface area contributed by atoms with E-state index in [2.05, 4.69) is 64.6 Å². The van der Waals surface area contributed by atoms with Gasteiger partial charge >= 0.3 is 0 Å². The molecular weight excluding hydrogens is 326 g/mol. The van der Waals surface area contributed by atoms with Crippen molar-refractivity contribution in [2.45, 2.75) is 45.7 Å². The summed E-state index contributed by atoms with van der Waals surface area (Å²) in [4.78, 5) is 2.57. The van der Waals surface area contributed by atoms with Crippen LogP contribution >= 0.6 is 0 Å². The fraction of sp³-hybridized carbons (Fsp3) is 0.650. The Hall–Kier alpha value is -1.79. The Balaban J connectivity index is 1.63. The number of benzene rings is 1.